The molecule has 1 N–H and O–H groups in total. The molecule has 0 radical (unpaired) electrons. The molecule has 1 heterocycles. The van der Waals surface area contributed by atoms with Gasteiger partial charge in [-0.05, 0) is 30.7 Å². The summed E-state index contributed by atoms with van der Waals surface area (Å²) in [6.07, 6.45) is 1.43. The third-order valence-electron chi connectivity index (χ3n) is 3.38. The van der Waals surface area contributed by atoms with Crippen molar-refractivity contribution in [1.29, 1.82) is 0 Å². The predicted molar refractivity (Wildman–Crippen MR) is 78.8 cm³/mol. The number of nitrogens with zero attached hydrogens (tertiary/aromatic N) is 2. The Morgan fingerprint density at radius 3 is 2.55 bits per heavy atom. The van der Waals surface area contributed by atoms with Gasteiger partial charge in [0, 0.05) is 25.7 Å². The van der Waals surface area contributed by atoms with Crippen molar-refractivity contribution in [2.75, 3.05) is 31.6 Å². The summed E-state index contributed by atoms with van der Waals surface area (Å²) in [6.45, 7) is 0.126. The van der Waals surface area contributed by atoms with Crippen LogP contribution >= 0.6 is 0 Å². The molecule has 1 saturated heterocycles. The molecule has 0 aliphatic carbocycles. The molecular formula is C15H18N2O5. The van der Waals surface area contributed by atoms with E-state index in [0.29, 0.717) is 12.2 Å². The lowest BCUT2D eigenvalue weighted by Crippen LogP contribution is -2.35. The van der Waals surface area contributed by atoms with Crippen molar-refractivity contribution >= 4 is 23.5 Å². The van der Waals surface area contributed by atoms with Crippen LogP contribution in [0.1, 0.15) is 12.8 Å². The minimum absolute atomic E-state index is 0.110. The molecule has 1 fully saturated rings. The van der Waals surface area contributed by atoms with Gasteiger partial charge in [0.05, 0.1) is 0 Å². The minimum atomic E-state index is -1.07. The van der Waals surface area contributed by atoms with E-state index in [1.807, 2.05) is 0 Å². The average molecular weight is 306 g/mol. The van der Waals surface area contributed by atoms with Gasteiger partial charge in [0.25, 0.3) is 5.91 Å². The molecule has 118 valence electrons. The van der Waals surface area contributed by atoms with E-state index < -0.39 is 11.9 Å². The van der Waals surface area contributed by atoms with Crippen molar-refractivity contribution in [3.05, 3.63) is 24.3 Å². The molecule has 0 aromatic heterocycles. The Hall–Kier alpha value is -2.57. The number of benzene rings is 1. The summed E-state index contributed by atoms with van der Waals surface area (Å²) in [5.74, 6) is -0.886. The van der Waals surface area contributed by atoms with Crippen LogP contribution in [0.2, 0.25) is 0 Å². The highest BCUT2D eigenvalue weighted by molar-refractivity contribution is 5.95. The lowest BCUT2D eigenvalue weighted by Gasteiger charge is -2.17. The maximum Gasteiger partial charge on any atom is 0.323 e. The Morgan fingerprint density at radius 2 is 2.00 bits per heavy atom. The number of carboxylic acid groups (broad SMARTS) is 1. The standard InChI is InChI=1S/C15H18N2O5/c1-16(9-15(20)21)14(19)10-22-12-6-4-11(5-7-12)17-8-2-3-13(17)18/h4-7H,2-3,8-10H2,1H3,(H,20,21). The fraction of sp³-hybridized carbons (Fsp3) is 0.400. The van der Waals surface area contributed by atoms with Crippen molar-refractivity contribution in [2.24, 2.45) is 0 Å². The van der Waals surface area contributed by atoms with E-state index in [4.69, 9.17) is 9.84 Å². The van der Waals surface area contributed by atoms with Gasteiger partial charge in [-0.15, -0.1) is 0 Å². The molecule has 22 heavy (non-hydrogen) atoms. The van der Waals surface area contributed by atoms with Gasteiger partial charge in [0.2, 0.25) is 5.91 Å². The van der Waals surface area contributed by atoms with Crippen molar-refractivity contribution in [3.8, 4) is 5.75 Å². The van der Waals surface area contributed by atoms with Crippen LogP contribution in [0.5, 0.6) is 5.75 Å². The fourth-order valence-electron chi connectivity index (χ4n) is 2.19. The quantitative estimate of drug-likeness (QED) is 0.837. The molecule has 0 atom stereocenters. The number of ether oxygens (including phenoxy) is 1. The molecule has 0 bridgehead atoms. The van der Waals surface area contributed by atoms with Crippen molar-refractivity contribution < 1.29 is 24.2 Å². The molecule has 1 aliphatic rings. The molecule has 0 saturated carbocycles. The van der Waals surface area contributed by atoms with Crippen LogP contribution in [0.4, 0.5) is 5.69 Å². The third-order valence-corrected chi connectivity index (χ3v) is 3.38. The minimum Gasteiger partial charge on any atom is -0.484 e. The summed E-state index contributed by atoms with van der Waals surface area (Å²) in [5.41, 5.74) is 0.809. The molecular weight excluding hydrogens is 288 g/mol. The topological polar surface area (TPSA) is 87.2 Å². The number of carbonyl (C=O) groups excluding carboxylic acids is 2. The Morgan fingerprint density at radius 1 is 1.32 bits per heavy atom. The third kappa shape index (κ3) is 3.97. The Bertz CT molecular complexity index is 570. The maximum absolute atomic E-state index is 11.7. The zero-order valence-corrected chi connectivity index (χ0v) is 12.3. The summed E-state index contributed by atoms with van der Waals surface area (Å²) in [7, 11) is 1.40. The number of hydrogen-bond donors (Lipinski definition) is 1. The van der Waals surface area contributed by atoms with Gasteiger partial charge in [-0.2, -0.15) is 0 Å². The van der Waals surface area contributed by atoms with Gasteiger partial charge in [-0.3, -0.25) is 14.4 Å². The van der Waals surface area contributed by atoms with E-state index in [2.05, 4.69) is 0 Å². The van der Waals surface area contributed by atoms with Crippen molar-refractivity contribution in [1.82, 2.24) is 4.90 Å². The van der Waals surface area contributed by atoms with Crippen LogP contribution < -0.4 is 9.64 Å². The molecule has 7 nitrogen and oxygen atoms in total. The van der Waals surface area contributed by atoms with Crippen LogP contribution in [0.3, 0.4) is 0 Å². The second-order valence-corrected chi connectivity index (χ2v) is 5.08. The van der Waals surface area contributed by atoms with E-state index >= 15 is 0 Å². The van der Waals surface area contributed by atoms with Crippen molar-refractivity contribution in [2.45, 2.75) is 12.8 Å². The largest absolute Gasteiger partial charge is 0.484 e. The van der Waals surface area contributed by atoms with Crippen LogP contribution in [0, 0.1) is 0 Å². The van der Waals surface area contributed by atoms with Gasteiger partial charge in [0.15, 0.2) is 6.61 Å². The van der Waals surface area contributed by atoms with Crippen LogP contribution in [-0.2, 0) is 14.4 Å². The summed E-state index contributed by atoms with van der Waals surface area (Å²) < 4.78 is 5.33. The first kappa shape index (κ1) is 15.8. The molecule has 0 unspecified atom stereocenters. The Balaban J connectivity index is 1.87. The van der Waals surface area contributed by atoms with Crippen LogP contribution in [-0.4, -0.2) is 54.5 Å². The summed E-state index contributed by atoms with van der Waals surface area (Å²) in [6, 6.07) is 6.91. The first-order chi connectivity index (χ1) is 10.5. The molecule has 2 amide bonds. The monoisotopic (exact) mass is 306 g/mol. The molecule has 2 rings (SSSR count). The SMILES string of the molecule is CN(CC(=O)O)C(=O)COc1ccc(N2CCCC2=O)cc1. The number of hydrogen-bond acceptors (Lipinski definition) is 4. The van der Waals surface area contributed by atoms with Gasteiger partial charge < -0.3 is 19.6 Å². The van der Waals surface area contributed by atoms with Gasteiger partial charge in [-0.25, -0.2) is 0 Å². The highest BCUT2D eigenvalue weighted by Gasteiger charge is 2.21. The van der Waals surface area contributed by atoms with E-state index in [1.165, 1.54) is 7.05 Å². The van der Waals surface area contributed by atoms with Crippen LogP contribution in [0.15, 0.2) is 24.3 Å². The number of likely N-dealkylation sites (N-methyl/N-ethyl adjacent to an activating group) is 1. The summed E-state index contributed by atoms with van der Waals surface area (Å²) in [5, 5.41) is 8.61. The molecule has 0 spiro atoms. The number of carbonyl (C=O) groups is 3. The second kappa shape index (κ2) is 6.93. The van der Waals surface area contributed by atoms with Crippen molar-refractivity contribution in [3.63, 3.8) is 0 Å². The zero-order chi connectivity index (χ0) is 16.1. The number of anilines is 1. The Kier molecular flexibility index (Phi) is 4.98. The molecule has 7 heteroatoms. The number of amides is 2. The Labute approximate surface area is 128 Å². The summed E-state index contributed by atoms with van der Waals surface area (Å²) >= 11 is 0. The second-order valence-electron chi connectivity index (χ2n) is 5.08. The van der Waals surface area contributed by atoms with E-state index in [0.717, 1.165) is 23.6 Å². The van der Waals surface area contributed by atoms with E-state index in [9.17, 15) is 14.4 Å². The molecule has 1 aromatic rings. The number of rotatable bonds is 6. The fourth-order valence-corrected chi connectivity index (χ4v) is 2.19. The van der Waals surface area contributed by atoms with E-state index in [-0.39, 0.29) is 19.1 Å². The predicted octanol–water partition coefficient (Wildman–Crippen LogP) is 0.735. The number of aliphatic carboxylic acids is 1. The lowest BCUT2D eigenvalue weighted by atomic mass is 10.3. The first-order valence-corrected chi connectivity index (χ1v) is 6.96. The van der Waals surface area contributed by atoms with Gasteiger partial charge in [0.1, 0.15) is 12.3 Å². The first-order valence-electron chi connectivity index (χ1n) is 6.96. The van der Waals surface area contributed by atoms with Crippen LogP contribution in [0.25, 0.3) is 0 Å². The zero-order valence-electron chi connectivity index (χ0n) is 12.3. The highest BCUT2D eigenvalue weighted by atomic mass is 16.5. The smallest absolute Gasteiger partial charge is 0.323 e. The number of carboxylic acids is 1. The van der Waals surface area contributed by atoms with E-state index in [1.54, 1.807) is 29.2 Å². The van der Waals surface area contributed by atoms with Gasteiger partial charge >= 0.3 is 5.97 Å². The highest BCUT2D eigenvalue weighted by Crippen LogP contribution is 2.23. The maximum atomic E-state index is 11.7. The molecule has 1 aromatic carbocycles. The average Bonchev–Trinajstić information content (AvgIpc) is 2.90. The molecule has 1 aliphatic heterocycles. The summed E-state index contributed by atoms with van der Waals surface area (Å²) in [4.78, 5) is 36.6. The lowest BCUT2D eigenvalue weighted by molar-refractivity contribution is -0.144. The van der Waals surface area contributed by atoms with Gasteiger partial charge in [-0.1, -0.05) is 0 Å². The normalized spacial score (nSPS) is 14.0.